The fourth-order valence-electron chi connectivity index (χ4n) is 2.53. The van der Waals surface area contributed by atoms with Gasteiger partial charge in [-0.15, -0.1) is 0 Å². The lowest BCUT2D eigenvalue weighted by Gasteiger charge is -2.26. The van der Waals surface area contributed by atoms with Crippen LogP contribution in [-0.2, 0) is 9.59 Å². The Morgan fingerprint density at radius 3 is 2.54 bits per heavy atom. The van der Waals surface area contributed by atoms with E-state index in [0.29, 0.717) is 17.7 Å². The molecule has 0 bridgehead atoms. The van der Waals surface area contributed by atoms with Crippen molar-refractivity contribution in [1.29, 1.82) is 0 Å². The number of urea groups is 1. The van der Waals surface area contributed by atoms with Crippen LogP contribution in [0.3, 0.4) is 0 Å². The molecule has 0 aliphatic carbocycles. The first-order valence-electron chi connectivity index (χ1n) is 8.11. The van der Waals surface area contributed by atoms with Crippen molar-refractivity contribution in [3.63, 3.8) is 0 Å². The van der Waals surface area contributed by atoms with E-state index in [1.807, 2.05) is 6.92 Å². The molecule has 9 nitrogen and oxygen atoms in total. The minimum Gasteiger partial charge on any atom is -0.372 e. The second-order valence-corrected chi connectivity index (χ2v) is 6.03. The Morgan fingerprint density at radius 2 is 1.96 bits per heavy atom. The lowest BCUT2D eigenvalue weighted by molar-refractivity contribution is -0.384. The van der Waals surface area contributed by atoms with E-state index in [1.165, 1.54) is 18.2 Å². The van der Waals surface area contributed by atoms with E-state index in [0.717, 1.165) is 11.3 Å². The molecule has 1 aromatic carbocycles. The summed E-state index contributed by atoms with van der Waals surface area (Å²) in [5.74, 6) is -1.52. The summed E-state index contributed by atoms with van der Waals surface area (Å²) in [5, 5.41) is 13.4. The first-order valence-corrected chi connectivity index (χ1v) is 8.11. The number of nitrogens with zero attached hydrogens (tertiary/aromatic N) is 3. The van der Waals surface area contributed by atoms with E-state index in [-0.39, 0.29) is 17.8 Å². The van der Waals surface area contributed by atoms with Gasteiger partial charge in [0, 0.05) is 26.7 Å². The van der Waals surface area contributed by atoms with Gasteiger partial charge in [0.1, 0.15) is 11.3 Å². The number of nitro groups is 1. The van der Waals surface area contributed by atoms with Crippen molar-refractivity contribution in [2.45, 2.75) is 19.8 Å². The topological polar surface area (TPSA) is 113 Å². The molecular formula is C17H20N4O5. The van der Waals surface area contributed by atoms with Gasteiger partial charge in [-0.3, -0.25) is 29.9 Å². The predicted molar refractivity (Wildman–Crippen MR) is 95.6 cm³/mol. The molecule has 0 radical (unpaired) electrons. The van der Waals surface area contributed by atoms with Gasteiger partial charge in [0.05, 0.1) is 4.92 Å². The zero-order chi connectivity index (χ0) is 19.4. The molecule has 0 unspecified atom stereocenters. The van der Waals surface area contributed by atoms with Crippen LogP contribution in [0.4, 0.5) is 16.2 Å². The van der Waals surface area contributed by atoms with Crippen LogP contribution >= 0.6 is 0 Å². The van der Waals surface area contributed by atoms with Crippen molar-refractivity contribution in [3.8, 4) is 0 Å². The second kappa shape index (κ2) is 7.77. The summed E-state index contributed by atoms with van der Waals surface area (Å²) in [6.07, 6.45) is 2.65. The summed E-state index contributed by atoms with van der Waals surface area (Å²) in [6.45, 7) is 2.12. The smallest absolute Gasteiger partial charge is 0.331 e. The highest BCUT2D eigenvalue weighted by Crippen LogP contribution is 2.29. The number of hydrogen-bond acceptors (Lipinski definition) is 6. The van der Waals surface area contributed by atoms with Crippen molar-refractivity contribution >= 4 is 35.3 Å². The number of nitrogens with one attached hydrogen (secondary N) is 1. The van der Waals surface area contributed by atoms with E-state index in [2.05, 4.69) is 5.32 Å². The van der Waals surface area contributed by atoms with Crippen LogP contribution < -0.4 is 10.2 Å². The molecule has 0 saturated carbocycles. The van der Waals surface area contributed by atoms with Crippen molar-refractivity contribution in [3.05, 3.63) is 39.4 Å². The number of imide groups is 2. The monoisotopic (exact) mass is 360 g/mol. The largest absolute Gasteiger partial charge is 0.372 e. The highest BCUT2D eigenvalue weighted by molar-refractivity contribution is 6.31. The van der Waals surface area contributed by atoms with Gasteiger partial charge in [-0.1, -0.05) is 19.4 Å². The molecule has 0 aromatic heterocycles. The highest BCUT2D eigenvalue weighted by atomic mass is 16.6. The summed E-state index contributed by atoms with van der Waals surface area (Å²) < 4.78 is 0. The maximum atomic E-state index is 12.5. The third kappa shape index (κ3) is 3.88. The number of nitro benzene ring substituents is 1. The van der Waals surface area contributed by atoms with Crippen LogP contribution in [0.5, 0.6) is 0 Å². The number of barbiturate groups is 1. The zero-order valence-electron chi connectivity index (χ0n) is 14.8. The van der Waals surface area contributed by atoms with Crippen molar-refractivity contribution in [2.24, 2.45) is 0 Å². The number of amides is 4. The summed E-state index contributed by atoms with van der Waals surface area (Å²) in [4.78, 5) is 49.7. The summed E-state index contributed by atoms with van der Waals surface area (Å²) in [5.41, 5.74) is 0.349. The Kier molecular flexibility index (Phi) is 5.71. The van der Waals surface area contributed by atoms with Crippen LogP contribution in [0.1, 0.15) is 25.3 Å². The van der Waals surface area contributed by atoms with E-state index in [9.17, 15) is 24.5 Å². The van der Waals surface area contributed by atoms with Gasteiger partial charge in [0.15, 0.2) is 0 Å². The van der Waals surface area contributed by atoms with Gasteiger partial charge in [-0.25, -0.2) is 4.79 Å². The van der Waals surface area contributed by atoms with E-state index >= 15 is 0 Å². The van der Waals surface area contributed by atoms with Crippen LogP contribution in [0.25, 0.3) is 6.08 Å². The van der Waals surface area contributed by atoms with Gasteiger partial charge in [0.2, 0.25) is 0 Å². The first-order chi connectivity index (χ1) is 12.3. The molecule has 4 amide bonds. The number of hydrogen-bond donors (Lipinski definition) is 1. The van der Waals surface area contributed by atoms with Crippen LogP contribution in [-0.4, -0.2) is 48.3 Å². The predicted octanol–water partition coefficient (Wildman–Crippen LogP) is 1.92. The maximum Gasteiger partial charge on any atom is 0.331 e. The average Bonchev–Trinajstić information content (AvgIpc) is 2.58. The molecule has 1 saturated heterocycles. The average molecular weight is 360 g/mol. The SMILES string of the molecule is CCCCN1C(=O)NC(=O)C(=Cc2ccc(N(C)C)c([N+](=O)[O-])c2)C1=O. The molecule has 1 heterocycles. The molecule has 9 heteroatoms. The Bertz CT molecular complexity index is 800. The number of anilines is 1. The van der Waals surface area contributed by atoms with Crippen LogP contribution in [0.15, 0.2) is 23.8 Å². The second-order valence-electron chi connectivity index (χ2n) is 6.03. The number of carbonyl (C=O) groups excluding carboxylic acids is 3. The Hall–Kier alpha value is -3.23. The van der Waals surface area contributed by atoms with E-state index < -0.39 is 22.8 Å². The van der Waals surface area contributed by atoms with Gasteiger partial charge < -0.3 is 4.90 Å². The molecule has 1 aliphatic rings. The standard InChI is InChI=1S/C17H20N4O5/c1-4-5-8-20-16(23)12(15(22)18-17(20)24)9-11-6-7-13(19(2)3)14(10-11)21(25)26/h6-7,9-10H,4-5,8H2,1-3H3,(H,18,22,24). The Balaban J connectivity index is 2.42. The fraction of sp³-hybridized carbons (Fsp3) is 0.353. The molecule has 138 valence electrons. The number of rotatable bonds is 6. The van der Waals surface area contributed by atoms with Crippen molar-refractivity contribution in [1.82, 2.24) is 10.2 Å². The molecule has 1 aromatic rings. The van der Waals surface area contributed by atoms with E-state index in [4.69, 9.17) is 0 Å². The molecule has 0 spiro atoms. The fourth-order valence-corrected chi connectivity index (χ4v) is 2.53. The zero-order valence-corrected chi connectivity index (χ0v) is 14.8. The number of carbonyl (C=O) groups is 3. The Morgan fingerprint density at radius 1 is 1.27 bits per heavy atom. The normalized spacial score (nSPS) is 16.0. The number of unbranched alkanes of at least 4 members (excludes halogenated alkanes) is 1. The Labute approximate surface area is 150 Å². The highest BCUT2D eigenvalue weighted by Gasteiger charge is 2.35. The first kappa shape index (κ1) is 19.1. The van der Waals surface area contributed by atoms with Crippen LogP contribution in [0, 0.1) is 10.1 Å². The molecular weight excluding hydrogens is 340 g/mol. The summed E-state index contributed by atoms with van der Waals surface area (Å²) in [7, 11) is 3.35. The van der Waals surface area contributed by atoms with Crippen molar-refractivity contribution < 1.29 is 19.3 Å². The third-order valence-corrected chi connectivity index (χ3v) is 3.91. The minimum absolute atomic E-state index is 0.146. The maximum absolute atomic E-state index is 12.5. The quantitative estimate of drug-likeness (QED) is 0.359. The summed E-state index contributed by atoms with van der Waals surface area (Å²) >= 11 is 0. The number of benzene rings is 1. The van der Waals surface area contributed by atoms with Gasteiger partial charge >= 0.3 is 6.03 Å². The van der Waals surface area contributed by atoms with E-state index in [1.54, 1.807) is 25.1 Å². The van der Waals surface area contributed by atoms with Crippen LogP contribution in [0.2, 0.25) is 0 Å². The molecule has 26 heavy (non-hydrogen) atoms. The summed E-state index contributed by atoms with van der Waals surface area (Å²) in [6, 6.07) is 3.65. The van der Waals surface area contributed by atoms with Crippen molar-refractivity contribution in [2.75, 3.05) is 25.5 Å². The molecule has 0 atom stereocenters. The lowest BCUT2D eigenvalue weighted by atomic mass is 10.1. The van der Waals surface area contributed by atoms with Gasteiger partial charge in [-0.2, -0.15) is 0 Å². The van der Waals surface area contributed by atoms with Gasteiger partial charge in [-0.05, 0) is 24.1 Å². The molecule has 1 aliphatic heterocycles. The lowest BCUT2D eigenvalue weighted by Crippen LogP contribution is -2.54. The molecule has 1 N–H and O–H groups in total. The molecule has 2 rings (SSSR count). The minimum atomic E-state index is -0.813. The third-order valence-electron chi connectivity index (χ3n) is 3.91. The van der Waals surface area contributed by atoms with Gasteiger partial charge in [0.25, 0.3) is 17.5 Å². The molecule has 1 fully saturated rings.